The van der Waals surface area contributed by atoms with Gasteiger partial charge in [-0.3, -0.25) is 0 Å². The SMILES string of the molecule is OC(c1ccc(Br)cc1)(c1ccc(Br)cc1)c1ccccc1Nc1ccccc1. The summed E-state index contributed by atoms with van der Waals surface area (Å²) < 4.78 is 1.94. The Hall–Kier alpha value is -2.40. The van der Waals surface area contributed by atoms with Gasteiger partial charge in [0, 0.05) is 25.9 Å². The molecule has 0 fully saturated rings. The molecule has 0 bridgehead atoms. The highest BCUT2D eigenvalue weighted by atomic mass is 79.9. The Bertz CT molecular complexity index is 1050. The highest BCUT2D eigenvalue weighted by molar-refractivity contribution is 9.10. The number of para-hydroxylation sites is 2. The number of nitrogens with one attached hydrogen (secondary N) is 1. The first-order valence-corrected chi connectivity index (χ1v) is 10.8. The highest BCUT2D eigenvalue weighted by Crippen LogP contribution is 2.41. The second-order valence-electron chi connectivity index (χ2n) is 6.76. The topological polar surface area (TPSA) is 32.3 Å². The molecule has 0 saturated heterocycles. The van der Waals surface area contributed by atoms with E-state index in [1.54, 1.807) is 0 Å². The lowest BCUT2D eigenvalue weighted by Crippen LogP contribution is -2.29. The molecule has 0 radical (unpaired) electrons. The van der Waals surface area contributed by atoms with Crippen molar-refractivity contribution < 1.29 is 5.11 Å². The second-order valence-corrected chi connectivity index (χ2v) is 8.59. The van der Waals surface area contributed by atoms with E-state index < -0.39 is 5.60 Å². The van der Waals surface area contributed by atoms with Crippen LogP contribution >= 0.6 is 31.9 Å². The molecule has 4 aromatic carbocycles. The highest BCUT2D eigenvalue weighted by Gasteiger charge is 2.35. The van der Waals surface area contributed by atoms with Crippen molar-refractivity contribution in [3.8, 4) is 0 Å². The minimum Gasteiger partial charge on any atom is -0.376 e. The van der Waals surface area contributed by atoms with Crippen molar-refractivity contribution in [3.63, 3.8) is 0 Å². The monoisotopic (exact) mass is 507 g/mol. The van der Waals surface area contributed by atoms with Gasteiger partial charge < -0.3 is 10.4 Å². The summed E-state index contributed by atoms with van der Waals surface area (Å²) in [5, 5.41) is 15.7. The van der Waals surface area contributed by atoms with Gasteiger partial charge in [-0.2, -0.15) is 0 Å². The van der Waals surface area contributed by atoms with E-state index in [1.165, 1.54) is 0 Å². The molecule has 29 heavy (non-hydrogen) atoms. The van der Waals surface area contributed by atoms with E-state index in [-0.39, 0.29) is 0 Å². The van der Waals surface area contributed by atoms with E-state index in [9.17, 15) is 5.11 Å². The lowest BCUT2D eigenvalue weighted by molar-refractivity contribution is 0.126. The summed E-state index contributed by atoms with van der Waals surface area (Å²) in [5.41, 5.74) is 2.88. The first-order chi connectivity index (χ1) is 14.1. The van der Waals surface area contributed by atoms with Gasteiger partial charge in [-0.15, -0.1) is 0 Å². The number of hydrogen-bond acceptors (Lipinski definition) is 2. The summed E-state index contributed by atoms with van der Waals surface area (Å²) in [5.74, 6) is 0. The number of aliphatic hydroxyl groups is 1. The van der Waals surface area contributed by atoms with Crippen LogP contribution in [0.3, 0.4) is 0 Å². The maximum atomic E-state index is 12.2. The first-order valence-electron chi connectivity index (χ1n) is 9.23. The molecular formula is C25H19Br2NO. The molecule has 4 rings (SSSR count). The van der Waals surface area contributed by atoms with Crippen LogP contribution in [0.25, 0.3) is 0 Å². The maximum absolute atomic E-state index is 12.2. The van der Waals surface area contributed by atoms with E-state index in [4.69, 9.17) is 0 Å². The van der Waals surface area contributed by atoms with Crippen LogP contribution < -0.4 is 5.32 Å². The van der Waals surface area contributed by atoms with Gasteiger partial charge in [-0.25, -0.2) is 0 Å². The average Bonchev–Trinajstić information content (AvgIpc) is 2.75. The fraction of sp³-hybridized carbons (Fsp3) is 0.0400. The Morgan fingerprint density at radius 1 is 0.586 bits per heavy atom. The van der Waals surface area contributed by atoms with Crippen LogP contribution in [0.15, 0.2) is 112 Å². The third-order valence-electron chi connectivity index (χ3n) is 4.89. The third-order valence-corrected chi connectivity index (χ3v) is 5.95. The zero-order chi connectivity index (χ0) is 20.3. The molecule has 0 atom stereocenters. The van der Waals surface area contributed by atoms with Crippen LogP contribution in [0.5, 0.6) is 0 Å². The summed E-state index contributed by atoms with van der Waals surface area (Å²) in [6, 6.07) is 33.5. The molecule has 0 aromatic heterocycles. The van der Waals surface area contributed by atoms with Crippen LogP contribution in [0.1, 0.15) is 16.7 Å². The lowest BCUT2D eigenvalue weighted by atomic mass is 9.79. The Kier molecular flexibility index (Phi) is 5.86. The fourth-order valence-electron chi connectivity index (χ4n) is 3.44. The normalized spacial score (nSPS) is 11.3. The third kappa shape index (κ3) is 4.15. The van der Waals surface area contributed by atoms with E-state index in [1.807, 2.05) is 103 Å². The van der Waals surface area contributed by atoms with Crippen LogP contribution in [0, 0.1) is 0 Å². The zero-order valence-corrected chi connectivity index (χ0v) is 18.7. The summed E-state index contributed by atoms with van der Waals surface area (Å²) in [6.07, 6.45) is 0. The van der Waals surface area contributed by atoms with Gasteiger partial charge in [0.15, 0.2) is 0 Å². The molecule has 0 aliphatic rings. The largest absolute Gasteiger partial charge is 0.376 e. The van der Waals surface area contributed by atoms with Gasteiger partial charge in [0.2, 0.25) is 0 Å². The number of halogens is 2. The van der Waals surface area contributed by atoms with Gasteiger partial charge in [0.05, 0.1) is 0 Å². The molecule has 0 aliphatic carbocycles. The Morgan fingerprint density at radius 2 is 1.07 bits per heavy atom. The summed E-state index contributed by atoms with van der Waals surface area (Å²) in [4.78, 5) is 0. The molecule has 2 nitrogen and oxygen atoms in total. The Balaban J connectivity index is 1.90. The molecule has 144 valence electrons. The summed E-state index contributed by atoms with van der Waals surface area (Å²) in [6.45, 7) is 0. The molecule has 2 N–H and O–H groups in total. The van der Waals surface area contributed by atoms with Crippen molar-refractivity contribution in [2.75, 3.05) is 5.32 Å². The summed E-state index contributed by atoms with van der Waals surface area (Å²) >= 11 is 6.99. The predicted molar refractivity (Wildman–Crippen MR) is 127 cm³/mol. The molecule has 4 aromatic rings. The van der Waals surface area contributed by atoms with Crippen molar-refractivity contribution >= 4 is 43.2 Å². The fourth-order valence-corrected chi connectivity index (χ4v) is 3.97. The number of anilines is 2. The average molecular weight is 509 g/mol. The number of rotatable bonds is 5. The molecule has 0 saturated carbocycles. The standard InChI is InChI=1S/C25H19Br2NO/c26-20-14-10-18(11-15-20)25(29,19-12-16-21(27)17-13-19)23-8-4-5-9-24(23)28-22-6-2-1-3-7-22/h1-17,28-29H. The van der Waals surface area contributed by atoms with Crippen LogP contribution in [-0.4, -0.2) is 5.11 Å². The molecule has 4 heteroatoms. The molecule has 0 aliphatic heterocycles. The summed E-state index contributed by atoms with van der Waals surface area (Å²) in [7, 11) is 0. The predicted octanol–water partition coefficient (Wildman–Crippen LogP) is 7.24. The van der Waals surface area contributed by atoms with E-state index >= 15 is 0 Å². The van der Waals surface area contributed by atoms with Crippen molar-refractivity contribution in [2.24, 2.45) is 0 Å². The molecule has 0 amide bonds. The second kappa shape index (κ2) is 8.54. The van der Waals surface area contributed by atoms with Crippen molar-refractivity contribution in [1.82, 2.24) is 0 Å². The quantitative estimate of drug-likeness (QED) is 0.278. The number of hydrogen-bond donors (Lipinski definition) is 2. The van der Waals surface area contributed by atoms with Gasteiger partial charge >= 0.3 is 0 Å². The molecule has 0 heterocycles. The van der Waals surface area contributed by atoms with Crippen molar-refractivity contribution in [3.05, 3.63) is 129 Å². The lowest BCUT2D eigenvalue weighted by Gasteiger charge is -2.32. The van der Waals surface area contributed by atoms with E-state index in [0.717, 1.165) is 37.0 Å². The Morgan fingerprint density at radius 3 is 1.62 bits per heavy atom. The molecule has 0 spiro atoms. The Labute approximate surface area is 187 Å². The van der Waals surface area contributed by atoms with Gasteiger partial charge in [-0.05, 0) is 53.6 Å². The maximum Gasteiger partial charge on any atom is 0.142 e. The van der Waals surface area contributed by atoms with E-state index in [2.05, 4.69) is 37.2 Å². The smallest absolute Gasteiger partial charge is 0.142 e. The van der Waals surface area contributed by atoms with Crippen molar-refractivity contribution in [2.45, 2.75) is 5.60 Å². The minimum absolute atomic E-state index is 0.786. The minimum atomic E-state index is -1.32. The van der Waals surface area contributed by atoms with Crippen LogP contribution in [0.2, 0.25) is 0 Å². The van der Waals surface area contributed by atoms with Crippen molar-refractivity contribution in [1.29, 1.82) is 0 Å². The van der Waals surface area contributed by atoms with Gasteiger partial charge in [0.1, 0.15) is 5.60 Å². The number of benzene rings is 4. The molecule has 0 unspecified atom stereocenters. The first kappa shape index (κ1) is 19.9. The van der Waals surface area contributed by atoms with Gasteiger partial charge in [0.25, 0.3) is 0 Å². The molecular weight excluding hydrogens is 490 g/mol. The van der Waals surface area contributed by atoms with Gasteiger partial charge in [-0.1, -0.05) is 92.5 Å². The van der Waals surface area contributed by atoms with Crippen LogP contribution in [0.4, 0.5) is 11.4 Å². The zero-order valence-electron chi connectivity index (χ0n) is 15.5. The van der Waals surface area contributed by atoms with Crippen LogP contribution in [-0.2, 0) is 5.60 Å². The van der Waals surface area contributed by atoms with E-state index in [0.29, 0.717) is 0 Å².